The van der Waals surface area contributed by atoms with Gasteiger partial charge in [0, 0.05) is 0 Å². The SMILES string of the molecule is C=CC(NC(C)C(=O)O)P(=O)(O)O. The molecule has 13 heavy (non-hydrogen) atoms. The lowest BCUT2D eigenvalue weighted by molar-refractivity contribution is -0.139. The third-order valence-corrected chi connectivity index (χ3v) is 2.46. The van der Waals surface area contributed by atoms with E-state index in [0.717, 1.165) is 6.08 Å². The number of carboxylic acids is 1. The summed E-state index contributed by atoms with van der Waals surface area (Å²) >= 11 is 0. The third kappa shape index (κ3) is 4.19. The molecule has 0 amide bonds. The molecule has 0 heterocycles. The number of carbonyl (C=O) groups is 1. The predicted molar refractivity (Wildman–Crippen MR) is 46.3 cm³/mol. The second-order valence-electron chi connectivity index (χ2n) is 2.50. The highest BCUT2D eigenvalue weighted by molar-refractivity contribution is 7.52. The fourth-order valence-corrected chi connectivity index (χ4v) is 1.32. The molecule has 0 radical (unpaired) electrons. The van der Waals surface area contributed by atoms with Gasteiger partial charge in [0.2, 0.25) is 0 Å². The number of aliphatic carboxylic acids is 1. The van der Waals surface area contributed by atoms with Crippen LogP contribution >= 0.6 is 7.60 Å². The minimum atomic E-state index is -4.36. The molecule has 0 spiro atoms. The zero-order valence-corrected chi connectivity index (χ0v) is 7.94. The molecule has 2 atom stereocenters. The highest BCUT2D eigenvalue weighted by atomic mass is 31.2. The molecule has 0 aliphatic rings. The van der Waals surface area contributed by atoms with Crippen LogP contribution in [0, 0.1) is 0 Å². The summed E-state index contributed by atoms with van der Waals surface area (Å²) in [6, 6.07) is -1.03. The van der Waals surface area contributed by atoms with E-state index < -0.39 is 25.4 Å². The number of rotatable bonds is 5. The van der Waals surface area contributed by atoms with Gasteiger partial charge in [-0.05, 0) is 6.92 Å². The van der Waals surface area contributed by atoms with Crippen molar-refractivity contribution in [2.75, 3.05) is 0 Å². The van der Waals surface area contributed by atoms with Gasteiger partial charge in [0.15, 0.2) is 0 Å². The van der Waals surface area contributed by atoms with Gasteiger partial charge in [-0.3, -0.25) is 14.7 Å². The molecule has 0 rings (SSSR count). The van der Waals surface area contributed by atoms with Gasteiger partial charge in [0.25, 0.3) is 0 Å². The molecule has 4 N–H and O–H groups in total. The Balaban J connectivity index is 4.39. The molecule has 0 saturated carbocycles. The van der Waals surface area contributed by atoms with Gasteiger partial charge in [-0.15, -0.1) is 6.58 Å². The molecule has 0 aromatic rings. The minimum absolute atomic E-state index is 0.986. The van der Waals surface area contributed by atoms with Crippen LogP contribution in [0.5, 0.6) is 0 Å². The molecular formula is C6H12NO5P. The van der Waals surface area contributed by atoms with Crippen molar-refractivity contribution < 1.29 is 24.3 Å². The number of carboxylic acid groups (broad SMARTS) is 1. The molecule has 0 aliphatic carbocycles. The molecule has 6 nitrogen and oxygen atoms in total. The average Bonchev–Trinajstić information content (AvgIpc) is 1.96. The summed E-state index contributed by atoms with van der Waals surface area (Å²) in [5.74, 6) is -2.50. The summed E-state index contributed by atoms with van der Waals surface area (Å²) in [5.41, 5.74) is 0. The van der Waals surface area contributed by atoms with E-state index in [2.05, 4.69) is 11.9 Å². The molecule has 0 aromatic heterocycles. The van der Waals surface area contributed by atoms with E-state index in [1.165, 1.54) is 6.92 Å². The normalized spacial score (nSPS) is 16.2. The topological polar surface area (TPSA) is 107 Å². The fraction of sp³-hybridized carbons (Fsp3) is 0.500. The average molecular weight is 209 g/mol. The predicted octanol–water partition coefficient (Wildman–Crippen LogP) is -0.261. The van der Waals surface area contributed by atoms with E-state index in [9.17, 15) is 9.36 Å². The summed E-state index contributed by atoms with van der Waals surface area (Å²) < 4.78 is 10.7. The second-order valence-corrected chi connectivity index (χ2v) is 4.23. The summed E-state index contributed by atoms with van der Waals surface area (Å²) in [4.78, 5) is 27.7. The highest BCUT2D eigenvalue weighted by Crippen LogP contribution is 2.40. The molecule has 2 unspecified atom stereocenters. The Labute approximate surface area is 75.4 Å². The molecule has 0 bridgehead atoms. The van der Waals surface area contributed by atoms with Gasteiger partial charge in [-0.2, -0.15) is 0 Å². The smallest absolute Gasteiger partial charge is 0.346 e. The van der Waals surface area contributed by atoms with E-state index in [-0.39, 0.29) is 0 Å². The maximum Gasteiger partial charge on any atom is 0.346 e. The first-order valence-electron chi connectivity index (χ1n) is 3.45. The van der Waals surface area contributed by atoms with E-state index in [1.54, 1.807) is 0 Å². The van der Waals surface area contributed by atoms with Gasteiger partial charge >= 0.3 is 13.6 Å². The van der Waals surface area contributed by atoms with Crippen molar-refractivity contribution in [3.63, 3.8) is 0 Å². The summed E-state index contributed by atoms with van der Waals surface area (Å²) in [6.45, 7) is 4.48. The Morgan fingerprint density at radius 2 is 2.08 bits per heavy atom. The highest BCUT2D eigenvalue weighted by Gasteiger charge is 2.28. The van der Waals surface area contributed by atoms with E-state index in [1.807, 2.05) is 0 Å². The van der Waals surface area contributed by atoms with Crippen molar-refractivity contribution >= 4 is 13.6 Å². The van der Waals surface area contributed by atoms with Crippen LogP contribution in [0.25, 0.3) is 0 Å². The van der Waals surface area contributed by atoms with Crippen molar-refractivity contribution in [1.29, 1.82) is 0 Å². The van der Waals surface area contributed by atoms with E-state index in [0.29, 0.717) is 0 Å². The fourth-order valence-electron chi connectivity index (χ4n) is 0.630. The van der Waals surface area contributed by atoms with E-state index >= 15 is 0 Å². The van der Waals surface area contributed by atoms with Crippen LogP contribution in [0.3, 0.4) is 0 Å². The molecule has 0 saturated heterocycles. The maximum absolute atomic E-state index is 10.7. The third-order valence-electron chi connectivity index (χ3n) is 1.38. The summed E-state index contributed by atoms with van der Waals surface area (Å²) in [5, 5.41) is 10.7. The molecule has 76 valence electrons. The van der Waals surface area contributed by atoms with Crippen molar-refractivity contribution in [3.8, 4) is 0 Å². The zero-order valence-electron chi connectivity index (χ0n) is 7.04. The van der Waals surface area contributed by atoms with Gasteiger partial charge in [0.1, 0.15) is 11.8 Å². The van der Waals surface area contributed by atoms with Crippen LogP contribution in [-0.2, 0) is 9.36 Å². The number of nitrogens with one attached hydrogen (secondary N) is 1. The maximum atomic E-state index is 10.7. The van der Waals surface area contributed by atoms with Gasteiger partial charge < -0.3 is 14.9 Å². The first kappa shape index (κ1) is 12.3. The Morgan fingerprint density at radius 1 is 1.62 bits per heavy atom. The van der Waals surface area contributed by atoms with Gasteiger partial charge in [-0.1, -0.05) is 6.08 Å². The Kier molecular flexibility index (Phi) is 4.29. The lowest BCUT2D eigenvalue weighted by Crippen LogP contribution is -2.40. The molecule has 0 aromatic carbocycles. The lowest BCUT2D eigenvalue weighted by atomic mass is 10.3. The second kappa shape index (κ2) is 4.53. The van der Waals surface area contributed by atoms with Gasteiger partial charge in [-0.25, -0.2) is 0 Å². The van der Waals surface area contributed by atoms with Crippen LogP contribution in [0.1, 0.15) is 6.92 Å². The zero-order chi connectivity index (χ0) is 10.6. The largest absolute Gasteiger partial charge is 0.480 e. The lowest BCUT2D eigenvalue weighted by Gasteiger charge is -2.18. The standard InChI is InChI=1S/C6H12NO5P/c1-3-5(13(10,11)12)7-4(2)6(8)9/h3-5,7H,1H2,2H3,(H,8,9)(H2,10,11,12). The Morgan fingerprint density at radius 3 is 2.31 bits per heavy atom. The first-order chi connectivity index (χ1) is 5.79. The molecule has 7 heteroatoms. The molecule has 0 fully saturated rings. The Bertz CT molecular complexity index is 247. The van der Waals surface area contributed by atoms with Crippen molar-refractivity contribution in [2.24, 2.45) is 0 Å². The first-order valence-corrected chi connectivity index (χ1v) is 5.14. The molecule has 0 aliphatic heterocycles. The van der Waals surface area contributed by atoms with Crippen LogP contribution in [0.4, 0.5) is 0 Å². The van der Waals surface area contributed by atoms with Crippen LogP contribution in [-0.4, -0.2) is 32.7 Å². The van der Waals surface area contributed by atoms with Crippen molar-refractivity contribution in [3.05, 3.63) is 12.7 Å². The van der Waals surface area contributed by atoms with Crippen LogP contribution in [0.15, 0.2) is 12.7 Å². The quantitative estimate of drug-likeness (QED) is 0.367. The summed E-state index contributed by atoms with van der Waals surface area (Å²) in [7, 11) is -4.36. The number of hydrogen-bond donors (Lipinski definition) is 4. The number of hydrogen-bond acceptors (Lipinski definition) is 3. The molecular weight excluding hydrogens is 197 g/mol. The summed E-state index contributed by atoms with van der Waals surface area (Å²) in [6.07, 6.45) is 0.986. The minimum Gasteiger partial charge on any atom is -0.480 e. The van der Waals surface area contributed by atoms with Crippen molar-refractivity contribution in [1.82, 2.24) is 5.32 Å². The Hall–Kier alpha value is -0.680. The van der Waals surface area contributed by atoms with Crippen LogP contribution < -0.4 is 5.32 Å². The van der Waals surface area contributed by atoms with Gasteiger partial charge in [0.05, 0.1) is 0 Å². The monoisotopic (exact) mass is 209 g/mol. The van der Waals surface area contributed by atoms with E-state index in [4.69, 9.17) is 14.9 Å². The van der Waals surface area contributed by atoms with Crippen LogP contribution in [0.2, 0.25) is 0 Å². The van der Waals surface area contributed by atoms with Crippen molar-refractivity contribution in [2.45, 2.75) is 18.7 Å².